The highest BCUT2D eigenvalue weighted by Gasteiger charge is 2.32. The number of hydrogen-bond donors (Lipinski definition) is 2. The van der Waals surface area contributed by atoms with Crippen LogP contribution in [-0.4, -0.2) is 23.1 Å². The first-order valence-electron chi connectivity index (χ1n) is 5.50. The SMILES string of the molecule is CC(C)[N+]1=C(N)NCC1c1ccccc1Cl. The van der Waals surface area contributed by atoms with Gasteiger partial charge in [0.25, 0.3) is 0 Å². The molecule has 1 aliphatic rings. The molecule has 3 N–H and O–H groups in total. The van der Waals surface area contributed by atoms with Gasteiger partial charge in [0.15, 0.2) is 0 Å². The van der Waals surface area contributed by atoms with Gasteiger partial charge in [0.1, 0.15) is 12.6 Å². The monoisotopic (exact) mass is 238 g/mol. The van der Waals surface area contributed by atoms with Crippen LogP contribution >= 0.6 is 11.6 Å². The third kappa shape index (κ3) is 1.87. The molecule has 0 saturated carbocycles. The third-order valence-electron chi connectivity index (χ3n) is 2.91. The van der Waals surface area contributed by atoms with Crippen molar-refractivity contribution in [1.29, 1.82) is 0 Å². The van der Waals surface area contributed by atoms with E-state index in [4.69, 9.17) is 17.3 Å². The first kappa shape index (κ1) is 11.3. The number of nitrogens with two attached hydrogens (primary N) is 1. The Morgan fingerprint density at radius 3 is 2.75 bits per heavy atom. The van der Waals surface area contributed by atoms with Crippen LogP contribution in [0.25, 0.3) is 0 Å². The molecule has 0 saturated heterocycles. The number of nitrogens with one attached hydrogen (secondary N) is 1. The highest BCUT2D eigenvalue weighted by molar-refractivity contribution is 6.31. The fourth-order valence-corrected chi connectivity index (χ4v) is 2.46. The number of guanidine groups is 1. The van der Waals surface area contributed by atoms with Gasteiger partial charge in [0.2, 0.25) is 0 Å². The maximum absolute atomic E-state index is 6.22. The van der Waals surface area contributed by atoms with Gasteiger partial charge < -0.3 is 0 Å². The van der Waals surface area contributed by atoms with Crippen molar-refractivity contribution in [1.82, 2.24) is 5.32 Å². The van der Waals surface area contributed by atoms with Crippen LogP contribution in [0.3, 0.4) is 0 Å². The summed E-state index contributed by atoms with van der Waals surface area (Å²) in [7, 11) is 0. The molecule has 0 fully saturated rings. The molecule has 0 aromatic heterocycles. The fourth-order valence-electron chi connectivity index (χ4n) is 2.20. The standard InChI is InChI=1S/C12H16ClN3/c1-8(2)16-11(7-15-12(16)14)9-5-3-4-6-10(9)13/h3-6,8,11H,7H2,1-2H3,(H2,14,15)/p+1. The average molecular weight is 239 g/mol. The molecular weight excluding hydrogens is 222 g/mol. The minimum Gasteiger partial charge on any atom is -0.291 e. The van der Waals surface area contributed by atoms with Crippen molar-refractivity contribution in [3.05, 3.63) is 34.9 Å². The minimum absolute atomic E-state index is 0.230. The lowest BCUT2D eigenvalue weighted by Crippen LogP contribution is -2.34. The summed E-state index contributed by atoms with van der Waals surface area (Å²) in [5.41, 5.74) is 7.08. The maximum atomic E-state index is 6.22. The largest absolute Gasteiger partial charge is 0.344 e. The smallest absolute Gasteiger partial charge is 0.291 e. The second kappa shape index (κ2) is 4.34. The van der Waals surface area contributed by atoms with Gasteiger partial charge in [-0.05, 0) is 19.9 Å². The van der Waals surface area contributed by atoms with Crippen molar-refractivity contribution >= 4 is 17.6 Å². The lowest BCUT2D eigenvalue weighted by atomic mass is 10.1. The Bertz CT molecular complexity index is 426. The molecule has 1 aromatic carbocycles. The second-order valence-electron chi connectivity index (χ2n) is 4.30. The van der Waals surface area contributed by atoms with Crippen LogP contribution in [0.4, 0.5) is 0 Å². The van der Waals surface area contributed by atoms with Crippen molar-refractivity contribution in [2.45, 2.75) is 25.9 Å². The average Bonchev–Trinajstić information content (AvgIpc) is 2.61. The van der Waals surface area contributed by atoms with Gasteiger partial charge in [0, 0.05) is 10.6 Å². The Kier molecular flexibility index (Phi) is 3.06. The van der Waals surface area contributed by atoms with Gasteiger partial charge in [-0.2, -0.15) is 0 Å². The Morgan fingerprint density at radius 2 is 2.12 bits per heavy atom. The van der Waals surface area contributed by atoms with Crippen molar-refractivity contribution in [3.8, 4) is 0 Å². The van der Waals surface area contributed by atoms with Crippen molar-refractivity contribution in [2.75, 3.05) is 6.54 Å². The number of nitrogens with zero attached hydrogens (tertiary/aromatic N) is 1. The molecule has 0 radical (unpaired) electrons. The van der Waals surface area contributed by atoms with Crippen molar-refractivity contribution in [3.63, 3.8) is 0 Å². The summed E-state index contributed by atoms with van der Waals surface area (Å²) in [4.78, 5) is 0. The van der Waals surface area contributed by atoms with Crippen LogP contribution in [0, 0.1) is 0 Å². The number of hydrogen-bond acceptors (Lipinski definition) is 2. The van der Waals surface area contributed by atoms with Crippen LogP contribution in [0.2, 0.25) is 5.02 Å². The molecule has 0 spiro atoms. The van der Waals surface area contributed by atoms with E-state index in [0.29, 0.717) is 6.04 Å². The first-order valence-corrected chi connectivity index (χ1v) is 5.88. The van der Waals surface area contributed by atoms with Gasteiger partial charge in [-0.3, -0.25) is 15.6 Å². The van der Waals surface area contributed by atoms with Crippen LogP contribution in [0.1, 0.15) is 25.5 Å². The van der Waals surface area contributed by atoms with Crippen LogP contribution in [0.15, 0.2) is 24.3 Å². The summed E-state index contributed by atoms with van der Waals surface area (Å²) in [6, 6.07) is 8.52. The van der Waals surface area contributed by atoms with Crippen LogP contribution in [0.5, 0.6) is 0 Å². The summed E-state index contributed by atoms with van der Waals surface area (Å²) < 4.78 is 2.17. The highest BCUT2D eigenvalue weighted by atomic mass is 35.5. The summed E-state index contributed by atoms with van der Waals surface area (Å²) in [5.74, 6) is 0.736. The third-order valence-corrected chi connectivity index (χ3v) is 3.26. The van der Waals surface area contributed by atoms with E-state index >= 15 is 0 Å². The molecule has 4 heteroatoms. The molecule has 86 valence electrons. The molecule has 0 bridgehead atoms. The van der Waals surface area contributed by atoms with E-state index in [1.807, 2.05) is 18.2 Å². The maximum Gasteiger partial charge on any atom is 0.344 e. The normalized spacial score (nSPS) is 20.4. The molecule has 3 nitrogen and oxygen atoms in total. The predicted molar refractivity (Wildman–Crippen MR) is 66.8 cm³/mol. The molecule has 0 amide bonds. The lowest BCUT2D eigenvalue weighted by molar-refractivity contribution is -0.591. The van der Waals surface area contributed by atoms with Gasteiger partial charge >= 0.3 is 5.96 Å². The number of benzene rings is 1. The van der Waals surface area contributed by atoms with Crippen molar-refractivity contribution < 1.29 is 4.58 Å². The van der Waals surface area contributed by atoms with E-state index in [0.717, 1.165) is 23.1 Å². The molecule has 1 atom stereocenters. The summed E-state index contributed by atoms with van der Waals surface area (Å²) in [6.07, 6.45) is 0. The molecule has 1 aromatic rings. The van der Waals surface area contributed by atoms with E-state index in [-0.39, 0.29) is 6.04 Å². The van der Waals surface area contributed by atoms with Gasteiger partial charge in [-0.25, -0.2) is 0 Å². The summed E-state index contributed by atoms with van der Waals surface area (Å²) in [5, 5.41) is 3.99. The van der Waals surface area contributed by atoms with Gasteiger partial charge in [-0.15, -0.1) is 0 Å². The van der Waals surface area contributed by atoms with E-state index in [1.165, 1.54) is 0 Å². The molecule has 2 rings (SSSR count). The fraction of sp³-hybridized carbons (Fsp3) is 0.417. The summed E-state index contributed by atoms with van der Waals surface area (Å²) >= 11 is 6.22. The molecular formula is C12H17ClN3+. The molecule has 0 aliphatic carbocycles. The summed E-state index contributed by atoms with van der Waals surface area (Å²) in [6.45, 7) is 5.07. The molecule has 1 aliphatic heterocycles. The Labute approximate surface area is 101 Å². The van der Waals surface area contributed by atoms with E-state index in [1.54, 1.807) is 0 Å². The van der Waals surface area contributed by atoms with Gasteiger partial charge in [0.05, 0.1) is 6.04 Å². The first-order chi connectivity index (χ1) is 7.61. The van der Waals surface area contributed by atoms with Crippen molar-refractivity contribution in [2.24, 2.45) is 5.73 Å². The molecule has 16 heavy (non-hydrogen) atoms. The molecule has 1 unspecified atom stereocenters. The number of rotatable bonds is 2. The zero-order valence-corrected chi connectivity index (χ0v) is 10.3. The van der Waals surface area contributed by atoms with Crippen LogP contribution in [-0.2, 0) is 0 Å². The zero-order valence-electron chi connectivity index (χ0n) is 9.57. The predicted octanol–water partition coefficient (Wildman–Crippen LogP) is 1.72. The lowest BCUT2D eigenvalue weighted by Gasteiger charge is -2.18. The van der Waals surface area contributed by atoms with E-state index in [2.05, 4.69) is 29.8 Å². The topological polar surface area (TPSA) is 41.1 Å². The second-order valence-corrected chi connectivity index (χ2v) is 4.71. The highest BCUT2D eigenvalue weighted by Crippen LogP contribution is 2.27. The Morgan fingerprint density at radius 1 is 1.44 bits per heavy atom. The zero-order chi connectivity index (χ0) is 11.7. The Balaban J connectivity index is 2.40. The molecule has 1 heterocycles. The van der Waals surface area contributed by atoms with E-state index in [9.17, 15) is 0 Å². The quantitative estimate of drug-likeness (QED) is 0.771. The minimum atomic E-state index is 0.230. The van der Waals surface area contributed by atoms with Gasteiger partial charge in [-0.1, -0.05) is 29.8 Å². The van der Waals surface area contributed by atoms with Crippen LogP contribution < -0.4 is 11.1 Å². The number of halogens is 1. The Hall–Kier alpha value is -1.22. The van der Waals surface area contributed by atoms with E-state index < -0.39 is 0 Å².